The monoisotopic (exact) mass is 651 g/mol. The van der Waals surface area contributed by atoms with Crippen LogP contribution in [0, 0.1) is 5.92 Å². The molecule has 1 aliphatic rings. The number of nitrogens with two attached hydrogens (primary N) is 1. The number of aliphatic hydroxyl groups is 1. The van der Waals surface area contributed by atoms with Crippen molar-refractivity contribution >= 4 is 57.3 Å². The van der Waals surface area contributed by atoms with Crippen molar-refractivity contribution in [2.45, 2.75) is 63.9 Å². The number of nitrogens with zero attached hydrogens (tertiary/aromatic N) is 2. The molecular weight excluding hydrogens is 611 g/mol. The largest absolute Gasteiger partial charge is 0.485 e. The Bertz CT molecular complexity index is 1510. The topological polar surface area (TPSA) is 147 Å². The first kappa shape index (κ1) is 34.3. The Morgan fingerprint density at radius 2 is 1.89 bits per heavy atom. The molecule has 4 rings (SSSR count). The summed E-state index contributed by atoms with van der Waals surface area (Å²) in [5, 5.41) is 19.2. The number of hydrogen-bond acceptors (Lipinski definition) is 9. The maximum atomic E-state index is 13.7. The zero-order valence-electron chi connectivity index (χ0n) is 25.9. The van der Waals surface area contributed by atoms with Gasteiger partial charge < -0.3 is 31.1 Å². The highest BCUT2D eigenvalue weighted by Gasteiger charge is 2.41. The zero-order valence-corrected chi connectivity index (χ0v) is 27.6. The van der Waals surface area contributed by atoms with Gasteiger partial charge >= 0.3 is 0 Å². The number of ether oxygens (including phenoxy) is 1. The van der Waals surface area contributed by atoms with Crippen LogP contribution in [-0.4, -0.2) is 85.6 Å². The van der Waals surface area contributed by atoms with Crippen LogP contribution in [0.15, 0.2) is 67.0 Å². The van der Waals surface area contributed by atoms with Crippen molar-refractivity contribution in [1.82, 2.24) is 20.5 Å². The number of rotatable bonds is 12. The molecule has 3 aromatic rings. The van der Waals surface area contributed by atoms with Gasteiger partial charge in [-0.1, -0.05) is 54.7 Å². The quantitative estimate of drug-likeness (QED) is 0.216. The highest BCUT2D eigenvalue weighted by atomic mass is 32.2. The molecule has 45 heavy (non-hydrogen) atoms. The average Bonchev–Trinajstić information content (AvgIpc) is 3.49. The lowest BCUT2D eigenvalue weighted by atomic mass is 9.94. The third-order valence-electron chi connectivity index (χ3n) is 7.39. The van der Waals surface area contributed by atoms with Gasteiger partial charge in [0.15, 0.2) is 11.9 Å². The molecule has 0 saturated carbocycles. The van der Waals surface area contributed by atoms with Gasteiger partial charge in [0.05, 0.1) is 22.8 Å². The maximum absolute atomic E-state index is 13.7. The number of carbonyl (C=O) groups is 3. The third-order valence-corrected chi connectivity index (χ3v) is 8.78. The van der Waals surface area contributed by atoms with Crippen LogP contribution in [-0.2, 0) is 20.8 Å². The van der Waals surface area contributed by atoms with E-state index < -0.39 is 41.6 Å². The fraction of sp³-hybridized carbons (Fsp3) is 0.424. The molecule has 5 atom stereocenters. The Morgan fingerprint density at radius 3 is 2.58 bits per heavy atom. The van der Waals surface area contributed by atoms with Gasteiger partial charge in [0.1, 0.15) is 18.4 Å². The molecule has 0 spiro atoms. The van der Waals surface area contributed by atoms with Gasteiger partial charge in [-0.3, -0.25) is 19.4 Å². The van der Waals surface area contributed by atoms with Crippen LogP contribution in [0.3, 0.4) is 0 Å². The molecule has 1 aliphatic heterocycles. The van der Waals surface area contributed by atoms with Gasteiger partial charge in [0.25, 0.3) is 5.91 Å². The number of carbonyl (C=O) groups excluding carboxylic acids is 3. The summed E-state index contributed by atoms with van der Waals surface area (Å²) in [5.41, 5.74) is 6.64. The van der Waals surface area contributed by atoms with E-state index in [1.165, 1.54) is 16.7 Å². The molecule has 2 amide bonds. The molecule has 2 aromatic carbocycles. The Balaban J connectivity index is 1.51. The standard InChI is InChI=1S/C33H41N5O5S2/c1-20(34)28(26(39)17-43-27-12-8-11-22-16-35-14-13-23(22)27)31(44)36-24(15-21-9-6-5-7-10-21)29(40)32(42)38-19-45-18-25(38)30(41)37-33(2,3)4/h5-14,16,20,24-25,28-29,40H,15,17-19,34H2,1-4H3,(H,36,44)(H,37,41)/t20?,24-,25-,28?,29-/m0/s1. The van der Waals surface area contributed by atoms with E-state index in [0.29, 0.717) is 11.5 Å². The summed E-state index contributed by atoms with van der Waals surface area (Å²) in [6, 6.07) is 14.4. The van der Waals surface area contributed by atoms with Gasteiger partial charge in [-0.15, -0.1) is 11.8 Å². The molecule has 1 fully saturated rings. The Kier molecular flexibility index (Phi) is 11.5. The van der Waals surface area contributed by atoms with Gasteiger partial charge in [0.2, 0.25) is 5.91 Å². The summed E-state index contributed by atoms with van der Waals surface area (Å²) in [6.07, 6.45) is 2.04. The summed E-state index contributed by atoms with van der Waals surface area (Å²) in [5.74, 6) is -0.939. The van der Waals surface area contributed by atoms with E-state index in [0.717, 1.165) is 16.3 Å². The van der Waals surface area contributed by atoms with E-state index in [1.807, 2.05) is 69.3 Å². The van der Waals surface area contributed by atoms with E-state index >= 15 is 0 Å². The number of amides is 2. The first-order chi connectivity index (χ1) is 21.4. The second-order valence-electron chi connectivity index (χ2n) is 12.3. The minimum Gasteiger partial charge on any atom is -0.485 e. The number of thioether (sulfide) groups is 1. The molecule has 10 nitrogen and oxygen atoms in total. The van der Waals surface area contributed by atoms with Crippen molar-refractivity contribution in [1.29, 1.82) is 0 Å². The number of ketones is 1. The van der Waals surface area contributed by atoms with Crippen molar-refractivity contribution in [2.24, 2.45) is 11.7 Å². The number of Topliss-reactive ketones (excluding diaryl/α,β-unsaturated/α-hetero) is 1. The normalized spacial score (nSPS) is 17.6. The van der Waals surface area contributed by atoms with Gasteiger partial charge in [-0.25, -0.2) is 0 Å². The number of fused-ring (bicyclic) bond motifs is 1. The molecule has 1 saturated heterocycles. The molecule has 2 heterocycles. The number of pyridine rings is 1. The number of aromatic nitrogens is 1. The summed E-state index contributed by atoms with van der Waals surface area (Å²) in [6.45, 7) is 7.00. The molecule has 5 N–H and O–H groups in total. The number of aliphatic hydroxyl groups excluding tert-OH is 1. The zero-order chi connectivity index (χ0) is 32.7. The van der Waals surface area contributed by atoms with E-state index in [4.69, 9.17) is 22.7 Å². The highest BCUT2D eigenvalue weighted by molar-refractivity contribution is 7.99. The highest BCUT2D eigenvalue weighted by Crippen LogP contribution is 2.26. The SMILES string of the molecule is CC(N)C(C(=O)COc1cccc2cnccc12)C(=S)N[C@@H](Cc1ccccc1)[C@H](O)C(=O)N1CSC[C@H]1C(=O)NC(C)(C)C. The summed E-state index contributed by atoms with van der Waals surface area (Å²) in [4.78, 5) is 45.9. The minimum atomic E-state index is -1.56. The first-order valence-corrected chi connectivity index (χ1v) is 16.4. The van der Waals surface area contributed by atoms with Crippen molar-refractivity contribution in [3.05, 3.63) is 72.6 Å². The lowest BCUT2D eigenvalue weighted by Crippen LogP contribution is -2.58. The number of thiocarbonyl (C=S) groups is 1. The predicted molar refractivity (Wildman–Crippen MR) is 181 cm³/mol. The third kappa shape index (κ3) is 9.00. The van der Waals surface area contributed by atoms with Crippen molar-refractivity contribution < 1.29 is 24.2 Å². The Hall–Kier alpha value is -3.58. The van der Waals surface area contributed by atoms with Crippen molar-refractivity contribution in [3.63, 3.8) is 0 Å². The van der Waals surface area contributed by atoms with Gasteiger partial charge in [0, 0.05) is 40.5 Å². The van der Waals surface area contributed by atoms with E-state index in [9.17, 15) is 19.5 Å². The fourth-order valence-corrected chi connectivity index (χ4v) is 6.85. The average molecular weight is 652 g/mol. The molecule has 0 aliphatic carbocycles. The molecule has 240 valence electrons. The van der Waals surface area contributed by atoms with Crippen LogP contribution in [0.25, 0.3) is 10.8 Å². The first-order valence-electron chi connectivity index (χ1n) is 14.8. The lowest BCUT2D eigenvalue weighted by molar-refractivity contribution is -0.146. The summed E-state index contributed by atoms with van der Waals surface area (Å²) >= 11 is 7.16. The van der Waals surface area contributed by atoms with Crippen LogP contribution in [0.5, 0.6) is 5.75 Å². The lowest BCUT2D eigenvalue weighted by Gasteiger charge is -2.33. The Labute approximate surface area is 273 Å². The molecule has 0 radical (unpaired) electrons. The summed E-state index contributed by atoms with van der Waals surface area (Å²) in [7, 11) is 0. The number of nitrogens with one attached hydrogen (secondary N) is 2. The van der Waals surface area contributed by atoms with E-state index in [-0.39, 0.29) is 35.6 Å². The van der Waals surface area contributed by atoms with Crippen molar-refractivity contribution in [3.8, 4) is 5.75 Å². The fourth-order valence-electron chi connectivity index (χ4n) is 5.19. The van der Waals surface area contributed by atoms with Crippen LogP contribution < -0.4 is 21.1 Å². The molecule has 0 bridgehead atoms. The number of hydrogen-bond donors (Lipinski definition) is 4. The minimum absolute atomic E-state index is 0.103. The van der Waals surface area contributed by atoms with Crippen LogP contribution in [0.4, 0.5) is 0 Å². The van der Waals surface area contributed by atoms with Crippen LogP contribution in [0.1, 0.15) is 33.3 Å². The van der Waals surface area contributed by atoms with Crippen LogP contribution in [0.2, 0.25) is 0 Å². The second-order valence-corrected chi connectivity index (χ2v) is 13.7. The Morgan fingerprint density at radius 1 is 1.16 bits per heavy atom. The molecule has 2 unspecified atom stereocenters. The second kappa shape index (κ2) is 15.1. The van der Waals surface area contributed by atoms with Gasteiger partial charge in [-0.2, -0.15) is 0 Å². The smallest absolute Gasteiger partial charge is 0.254 e. The van der Waals surface area contributed by atoms with Crippen molar-refractivity contribution in [2.75, 3.05) is 18.2 Å². The van der Waals surface area contributed by atoms with Gasteiger partial charge in [-0.05, 0) is 51.8 Å². The predicted octanol–water partition coefficient (Wildman–Crippen LogP) is 2.85. The number of benzene rings is 2. The molecular formula is C33H41N5O5S2. The van der Waals surface area contributed by atoms with Crippen LogP contribution >= 0.6 is 24.0 Å². The summed E-state index contributed by atoms with van der Waals surface area (Å²) < 4.78 is 5.91. The maximum Gasteiger partial charge on any atom is 0.254 e. The van der Waals surface area contributed by atoms with E-state index in [1.54, 1.807) is 25.4 Å². The molecule has 1 aromatic heterocycles. The molecule has 12 heteroatoms. The van der Waals surface area contributed by atoms with E-state index in [2.05, 4.69) is 15.6 Å².